The van der Waals surface area contributed by atoms with Crippen molar-refractivity contribution in [3.05, 3.63) is 81.1 Å². The van der Waals surface area contributed by atoms with Crippen molar-refractivity contribution in [3.63, 3.8) is 0 Å². The normalized spacial score (nSPS) is 11.5. The summed E-state index contributed by atoms with van der Waals surface area (Å²) in [7, 11) is 3.03. The van der Waals surface area contributed by atoms with Crippen molar-refractivity contribution in [3.8, 4) is 28.8 Å². The van der Waals surface area contributed by atoms with Crippen molar-refractivity contribution in [1.82, 2.24) is 9.66 Å². The standard InChI is InChI=1S/C25H18BrN3O5/c1-32-19-8-5-9-20-17(19)12-22(34-20)24-28-18-7-4-3-6-16(18)25(31)29(24)27-13-14-10-15(26)11-21(33-2)23(14)30/h3-13,30H,1-2H3. The molecule has 0 fully saturated rings. The van der Waals surface area contributed by atoms with Gasteiger partial charge in [0.2, 0.25) is 5.82 Å². The van der Waals surface area contributed by atoms with E-state index in [1.54, 1.807) is 55.6 Å². The Kier molecular flexibility index (Phi) is 5.54. The second-order valence-corrected chi connectivity index (χ2v) is 8.26. The Morgan fingerprint density at radius 1 is 1.03 bits per heavy atom. The average Bonchev–Trinajstić information content (AvgIpc) is 3.29. The molecule has 0 unspecified atom stereocenters. The maximum atomic E-state index is 13.4. The van der Waals surface area contributed by atoms with Crippen LogP contribution in [0.4, 0.5) is 0 Å². The molecule has 0 amide bonds. The molecule has 5 rings (SSSR count). The molecule has 0 aliphatic carbocycles. The number of ether oxygens (including phenoxy) is 2. The van der Waals surface area contributed by atoms with E-state index in [-0.39, 0.29) is 22.9 Å². The lowest BCUT2D eigenvalue weighted by Crippen LogP contribution is -2.20. The molecule has 0 radical (unpaired) electrons. The summed E-state index contributed by atoms with van der Waals surface area (Å²) in [6.07, 6.45) is 1.37. The third-order valence-corrected chi connectivity index (χ3v) is 5.77. The summed E-state index contributed by atoms with van der Waals surface area (Å²) in [6, 6.07) is 17.5. The highest BCUT2D eigenvalue weighted by molar-refractivity contribution is 9.10. The minimum absolute atomic E-state index is 0.105. The molecule has 0 spiro atoms. The Morgan fingerprint density at radius 2 is 1.82 bits per heavy atom. The average molecular weight is 520 g/mol. The van der Waals surface area contributed by atoms with Gasteiger partial charge in [-0.3, -0.25) is 4.79 Å². The number of benzene rings is 3. The predicted molar refractivity (Wildman–Crippen MR) is 133 cm³/mol. The van der Waals surface area contributed by atoms with Gasteiger partial charge in [0.25, 0.3) is 5.56 Å². The van der Waals surface area contributed by atoms with Crippen LogP contribution in [0.5, 0.6) is 17.2 Å². The van der Waals surface area contributed by atoms with Crippen LogP contribution in [0, 0.1) is 0 Å². The number of rotatable bonds is 5. The predicted octanol–water partition coefficient (Wildman–Crippen LogP) is 5.18. The minimum Gasteiger partial charge on any atom is -0.504 e. The fraction of sp³-hybridized carbons (Fsp3) is 0.0800. The molecule has 34 heavy (non-hydrogen) atoms. The van der Waals surface area contributed by atoms with Crippen LogP contribution in [0.1, 0.15) is 5.56 Å². The van der Waals surface area contributed by atoms with Crippen LogP contribution in [0.15, 0.2) is 79.4 Å². The van der Waals surface area contributed by atoms with Crippen LogP contribution in [0.3, 0.4) is 0 Å². The van der Waals surface area contributed by atoms with Crippen molar-refractivity contribution in [1.29, 1.82) is 0 Å². The summed E-state index contributed by atoms with van der Waals surface area (Å²) in [5, 5.41) is 16.0. The first-order valence-corrected chi connectivity index (χ1v) is 11.0. The number of nitrogens with zero attached hydrogens (tertiary/aromatic N) is 3. The summed E-state index contributed by atoms with van der Waals surface area (Å²) >= 11 is 3.39. The van der Waals surface area contributed by atoms with E-state index in [2.05, 4.69) is 26.0 Å². The van der Waals surface area contributed by atoms with Gasteiger partial charge in [-0.1, -0.05) is 34.1 Å². The lowest BCUT2D eigenvalue weighted by atomic mass is 10.2. The second-order valence-electron chi connectivity index (χ2n) is 7.34. The third kappa shape index (κ3) is 3.69. The highest BCUT2D eigenvalue weighted by atomic mass is 79.9. The molecule has 0 aliphatic heterocycles. The van der Waals surface area contributed by atoms with E-state index < -0.39 is 0 Å². The molecule has 0 aliphatic rings. The smallest absolute Gasteiger partial charge is 0.282 e. The Hall–Kier alpha value is -4.11. The Labute approximate surface area is 201 Å². The van der Waals surface area contributed by atoms with Crippen molar-refractivity contribution >= 4 is 44.0 Å². The highest BCUT2D eigenvalue weighted by Crippen LogP contribution is 2.34. The number of para-hydroxylation sites is 1. The topological polar surface area (TPSA) is 99.1 Å². The summed E-state index contributed by atoms with van der Waals surface area (Å²) in [4.78, 5) is 18.1. The van der Waals surface area contributed by atoms with E-state index in [9.17, 15) is 9.90 Å². The summed E-state index contributed by atoms with van der Waals surface area (Å²) in [6.45, 7) is 0. The van der Waals surface area contributed by atoms with Crippen molar-refractivity contribution in [2.75, 3.05) is 14.2 Å². The summed E-state index contributed by atoms with van der Waals surface area (Å²) < 4.78 is 18.5. The first kappa shape index (κ1) is 21.7. The first-order chi connectivity index (χ1) is 16.5. The van der Waals surface area contributed by atoms with Gasteiger partial charge in [0.05, 0.1) is 36.7 Å². The van der Waals surface area contributed by atoms with Crippen molar-refractivity contribution < 1.29 is 19.0 Å². The van der Waals surface area contributed by atoms with Crippen LogP contribution in [0.25, 0.3) is 33.5 Å². The Bertz CT molecular complexity index is 1640. The zero-order chi connectivity index (χ0) is 23.8. The van der Waals surface area contributed by atoms with Gasteiger partial charge in [-0.2, -0.15) is 9.78 Å². The molecular formula is C25H18BrN3O5. The fourth-order valence-electron chi connectivity index (χ4n) is 3.68. The lowest BCUT2D eigenvalue weighted by Gasteiger charge is -2.09. The van der Waals surface area contributed by atoms with E-state index >= 15 is 0 Å². The molecule has 3 aromatic carbocycles. The first-order valence-electron chi connectivity index (χ1n) is 10.2. The number of furan rings is 1. The molecule has 1 N–H and O–H groups in total. The van der Waals surface area contributed by atoms with E-state index in [0.717, 1.165) is 10.1 Å². The number of fused-ring (bicyclic) bond motifs is 2. The number of halogens is 1. The van der Waals surface area contributed by atoms with Crippen molar-refractivity contribution in [2.45, 2.75) is 0 Å². The second kappa shape index (κ2) is 8.68. The van der Waals surface area contributed by atoms with E-state index in [1.165, 1.54) is 13.3 Å². The van der Waals surface area contributed by atoms with E-state index in [0.29, 0.717) is 38.0 Å². The lowest BCUT2D eigenvalue weighted by molar-refractivity contribution is 0.373. The fourth-order valence-corrected chi connectivity index (χ4v) is 4.14. The van der Waals surface area contributed by atoms with Gasteiger partial charge < -0.3 is 19.0 Å². The molecule has 170 valence electrons. The number of hydrogen-bond acceptors (Lipinski definition) is 7. The summed E-state index contributed by atoms with van der Waals surface area (Å²) in [5.41, 5.74) is 1.06. The number of aromatic nitrogens is 2. The molecule has 0 atom stereocenters. The zero-order valence-electron chi connectivity index (χ0n) is 18.2. The zero-order valence-corrected chi connectivity index (χ0v) is 19.7. The highest BCUT2D eigenvalue weighted by Gasteiger charge is 2.18. The van der Waals surface area contributed by atoms with Crippen molar-refractivity contribution in [2.24, 2.45) is 5.10 Å². The molecule has 8 nitrogen and oxygen atoms in total. The molecule has 0 saturated heterocycles. The number of hydrogen-bond donors (Lipinski definition) is 1. The molecular weight excluding hydrogens is 502 g/mol. The molecule has 0 saturated carbocycles. The van der Waals surface area contributed by atoms with Gasteiger partial charge in [-0.05, 0) is 42.5 Å². The third-order valence-electron chi connectivity index (χ3n) is 5.32. The monoisotopic (exact) mass is 519 g/mol. The van der Waals surface area contributed by atoms with Gasteiger partial charge in [-0.15, -0.1) is 0 Å². The molecule has 2 heterocycles. The van der Waals surface area contributed by atoms with Crippen LogP contribution in [-0.2, 0) is 0 Å². The molecule has 9 heteroatoms. The molecule has 5 aromatic rings. The van der Waals surface area contributed by atoms with E-state index in [4.69, 9.17) is 13.9 Å². The maximum absolute atomic E-state index is 13.4. The van der Waals surface area contributed by atoms with Crippen LogP contribution < -0.4 is 15.0 Å². The van der Waals surface area contributed by atoms with Gasteiger partial charge >= 0.3 is 0 Å². The summed E-state index contributed by atoms with van der Waals surface area (Å²) in [5.74, 6) is 1.35. The number of methoxy groups -OCH3 is 2. The minimum atomic E-state index is -0.384. The van der Waals surface area contributed by atoms with Gasteiger partial charge in [0.15, 0.2) is 17.3 Å². The number of phenolic OH excluding ortho intramolecular Hbond substituents is 1. The SMILES string of the molecule is COc1cc(Br)cc(C=Nn2c(-c3cc4c(OC)cccc4o3)nc3ccccc3c2=O)c1O. The van der Waals surface area contributed by atoms with Gasteiger partial charge in [0, 0.05) is 10.0 Å². The maximum Gasteiger partial charge on any atom is 0.282 e. The number of aromatic hydroxyl groups is 1. The molecule has 2 aromatic heterocycles. The largest absolute Gasteiger partial charge is 0.504 e. The van der Waals surface area contributed by atoms with Crippen LogP contribution in [-0.4, -0.2) is 35.2 Å². The van der Waals surface area contributed by atoms with Gasteiger partial charge in [0.1, 0.15) is 11.3 Å². The Balaban J connectivity index is 1.75. The van der Waals surface area contributed by atoms with Crippen LogP contribution in [0.2, 0.25) is 0 Å². The van der Waals surface area contributed by atoms with Crippen LogP contribution >= 0.6 is 15.9 Å². The van der Waals surface area contributed by atoms with E-state index in [1.807, 2.05) is 12.1 Å². The van der Waals surface area contributed by atoms with Gasteiger partial charge in [-0.25, -0.2) is 4.98 Å². The quantitative estimate of drug-likeness (QED) is 0.321. The Morgan fingerprint density at radius 3 is 2.62 bits per heavy atom. The molecule has 0 bridgehead atoms. The number of phenols is 1.